The van der Waals surface area contributed by atoms with Gasteiger partial charge in [0.15, 0.2) is 12.4 Å². The van der Waals surface area contributed by atoms with Gasteiger partial charge in [0.1, 0.15) is 13.2 Å². The molecule has 0 aromatic heterocycles. The smallest absolute Gasteiger partial charge is 0.306 e. The van der Waals surface area contributed by atoms with E-state index in [1.54, 1.807) is 0 Å². The van der Waals surface area contributed by atoms with Crippen LogP contribution in [0.25, 0.3) is 0 Å². The first-order valence-electron chi connectivity index (χ1n) is 34.6. The molecule has 0 amide bonds. The Kier molecular flexibility index (Phi) is 61.2. The number of aliphatic carboxylic acids is 1. The van der Waals surface area contributed by atoms with Gasteiger partial charge in [-0.1, -0.05) is 292 Å². The van der Waals surface area contributed by atoms with Crippen molar-refractivity contribution >= 4 is 17.9 Å². The Labute approximate surface area is 507 Å². The van der Waals surface area contributed by atoms with Crippen molar-refractivity contribution in [2.45, 2.75) is 328 Å². The average molecular weight is 1150 g/mol. The molecule has 82 heavy (non-hydrogen) atoms. The fourth-order valence-electron chi connectivity index (χ4n) is 9.91. The fourth-order valence-corrected chi connectivity index (χ4v) is 9.91. The molecule has 0 aromatic carbocycles. The van der Waals surface area contributed by atoms with Crippen molar-refractivity contribution in [3.8, 4) is 0 Å². The second kappa shape index (κ2) is 63.7. The third-order valence-corrected chi connectivity index (χ3v) is 15.2. The minimum absolute atomic E-state index is 0.147. The molecule has 0 aromatic rings. The number of carbonyl (C=O) groups excluding carboxylic acids is 3. The summed E-state index contributed by atoms with van der Waals surface area (Å²) in [6, 6.07) is 0. The highest BCUT2D eigenvalue weighted by atomic mass is 16.7. The molecular weight excluding hydrogens is 1020 g/mol. The highest BCUT2D eigenvalue weighted by Gasteiger charge is 2.22. The van der Waals surface area contributed by atoms with Gasteiger partial charge in [0.25, 0.3) is 0 Å². The van der Waals surface area contributed by atoms with Gasteiger partial charge in [-0.05, 0) is 83.5 Å². The van der Waals surface area contributed by atoms with Crippen LogP contribution in [0.1, 0.15) is 316 Å². The summed E-state index contributed by atoms with van der Waals surface area (Å²) in [7, 11) is 5.93. The molecule has 0 rings (SSSR count). The van der Waals surface area contributed by atoms with E-state index in [9.17, 15) is 19.5 Å². The SMILES string of the molecule is CC/C=C\C/C=C\C/C=C\C/C=C\C/C=C\CCCCCCCCCCCCCCCCCCCCCCCCCCCC(=O)OC(COC(=O)CCCCCCC/C=C\CCCCCCCCC)COC(OCC[N+](C)(C)C)C(=O)[O-]. The van der Waals surface area contributed by atoms with E-state index in [1.807, 2.05) is 21.1 Å². The van der Waals surface area contributed by atoms with Crippen molar-refractivity contribution in [1.82, 2.24) is 0 Å². The molecule has 2 atom stereocenters. The van der Waals surface area contributed by atoms with E-state index in [-0.39, 0.29) is 38.6 Å². The Morgan fingerprint density at radius 2 is 0.695 bits per heavy atom. The predicted octanol–water partition coefficient (Wildman–Crippen LogP) is 20.0. The number of rotatable bonds is 64. The van der Waals surface area contributed by atoms with E-state index in [0.29, 0.717) is 17.4 Å². The summed E-state index contributed by atoms with van der Waals surface area (Å²) < 4.78 is 22.7. The maximum absolute atomic E-state index is 12.9. The maximum atomic E-state index is 12.9. The first-order chi connectivity index (χ1) is 40.1. The molecule has 0 radical (unpaired) electrons. The molecule has 0 saturated heterocycles. The van der Waals surface area contributed by atoms with Gasteiger partial charge in [0.05, 0.1) is 40.3 Å². The highest BCUT2D eigenvalue weighted by Crippen LogP contribution is 2.18. The van der Waals surface area contributed by atoms with Gasteiger partial charge in [0, 0.05) is 12.8 Å². The van der Waals surface area contributed by atoms with Crippen molar-refractivity contribution in [3.05, 3.63) is 72.9 Å². The zero-order valence-corrected chi connectivity index (χ0v) is 54.4. The fraction of sp³-hybridized carbons (Fsp3) is 0.795. The van der Waals surface area contributed by atoms with Crippen LogP contribution in [-0.4, -0.2) is 82.3 Å². The van der Waals surface area contributed by atoms with E-state index < -0.39 is 24.3 Å². The third kappa shape index (κ3) is 64.3. The van der Waals surface area contributed by atoms with Gasteiger partial charge in [-0.15, -0.1) is 0 Å². The Bertz CT molecular complexity index is 1570. The van der Waals surface area contributed by atoms with Crippen molar-refractivity contribution in [2.24, 2.45) is 0 Å². The number of carboxylic acids is 1. The summed E-state index contributed by atoms with van der Waals surface area (Å²) in [4.78, 5) is 37.4. The molecule has 476 valence electrons. The summed E-state index contributed by atoms with van der Waals surface area (Å²) in [5.41, 5.74) is 0. The Morgan fingerprint density at radius 1 is 0.378 bits per heavy atom. The molecule has 0 aliphatic rings. The molecule has 0 aliphatic carbocycles. The molecular formula is C73H131NO8. The van der Waals surface area contributed by atoms with Crippen LogP contribution in [0.15, 0.2) is 72.9 Å². The second-order valence-corrected chi connectivity index (χ2v) is 24.4. The number of quaternary nitrogens is 1. The standard InChI is InChI=1S/C73H131NO8/c1-6-8-10-12-14-16-18-20-22-24-25-26-27-28-29-30-31-32-33-34-35-36-37-38-39-40-41-42-43-44-45-46-47-48-50-52-54-56-58-60-62-64-71(76)82-69(68-81-73(72(77)78)79-66-65-74(3,4)5)67-80-70(75)63-61-59-57-55-53-51-49-23-21-19-17-15-13-11-9-7-2/h8,10,14,16,20,22-23,25-26,28-29,49,69,73H,6-7,9,11-13,15,17-19,21,24,27,30-48,50-68H2,1-5H3/b10-8-,16-14-,22-20-,26-25-,29-28-,49-23-. The summed E-state index contributed by atoms with van der Waals surface area (Å²) in [6.07, 6.45) is 81.4. The van der Waals surface area contributed by atoms with Gasteiger partial charge < -0.3 is 33.3 Å². The van der Waals surface area contributed by atoms with Crippen molar-refractivity contribution in [1.29, 1.82) is 0 Å². The number of hydrogen-bond acceptors (Lipinski definition) is 8. The molecule has 9 nitrogen and oxygen atoms in total. The molecule has 0 bridgehead atoms. The Balaban J connectivity index is 3.95. The zero-order chi connectivity index (χ0) is 59.8. The number of esters is 2. The predicted molar refractivity (Wildman–Crippen MR) is 348 cm³/mol. The summed E-state index contributed by atoms with van der Waals surface area (Å²) >= 11 is 0. The van der Waals surface area contributed by atoms with Gasteiger partial charge in [-0.3, -0.25) is 9.59 Å². The normalized spacial score (nSPS) is 13.1. The number of likely N-dealkylation sites (N-methyl/N-ethyl adjacent to an activating group) is 1. The number of allylic oxidation sites excluding steroid dienone is 12. The number of ether oxygens (including phenoxy) is 4. The van der Waals surface area contributed by atoms with E-state index >= 15 is 0 Å². The van der Waals surface area contributed by atoms with Crippen LogP contribution >= 0.6 is 0 Å². The Morgan fingerprint density at radius 3 is 1.05 bits per heavy atom. The monoisotopic (exact) mass is 1150 g/mol. The van der Waals surface area contributed by atoms with E-state index in [2.05, 4.69) is 86.8 Å². The van der Waals surface area contributed by atoms with Crippen LogP contribution in [0.4, 0.5) is 0 Å². The maximum Gasteiger partial charge on any atom is 0.306 e. The van der Waals surface area contributed by atoms with Crippen LogP contribution in [0, 0.1) is 0 Å². The van der Waals surface area contributed by atoms with Crippen LogP contribution in [0.3, 0.4) is 0 Å². The first kappa shape index (κ1) is 78.7. The van der Waals surface area contributed by atoms with Gasteiger partial charge in [-0.2, -0.15) is 0 Å². The number of carboxylic acid groups (broad SMARTS) is 1. The molecule has 0 spiro atoms. The van der Waals surface area contributed by atoms with E-state index in [0.717, 1.165) is 83.5 Å². The van der Waals surface area contributed by atoms with Crippen molar-refractivity contribution in [3.63, 3.8) is 0 Å². The molecule has 2 unspecified atom stereocenters. The second-order valence-electron chi connectivity index (χ2n) is 24.4. The summed E-state index contributed by atoms with van der Waals surface area (Å²) in [5, 5.41) is 11.8. The number of carbonyl (C=O) groups is 3. The number of hydrogen-bond donors (Lipinski definition) is 0. The first-order valence-corrected chi connectivity index (χ1v) is 34.6. The van der Waals surface area contributed by atoms with Crippen LogP contribution in [0.5, 0.6) is 0 Å². The van der Waals surface area contributed by atoms with Crippen LogP contribution < -0.4 is 5.11 Å². The average Bonchev–Trinajstić information content (AvgIpc) is 3.45. The van der Waals surface area contributed by atoms with Crippen LogP contribution in [0.2, 0.25) is 0 Å². The lowest BCUT2D eigenvalue weighted by molar-refractivity contribution is -0.870. The highest BCUT2D eigenvalue weighted by molar-refractivity contribution is 5.70. The van der Waals surface area contributed by atoms with E-state index in [4.69, 9.17) is 18.9 Å². The quantitative estimate of drug-likeness (QED) is 0.0195. The van der Waals surface area contributed by atoms with Crippen molar-refractivity contribution < 1.29 is 42.9 Å². The van der Waals surface area contributed by atoms with Gasteiger partial charge >= 0.3 is 11.9 Å². The topological polar surface area (TPSA) is 111 Å². The van der Waals surface area contributed by atoms with Crippen LogP contribution in [-0.2, 0) is 33.3 Å². The molecule has 0 saturated carbocycles. The molecule has 0 N–H and O–H groups in total. The molecule has 9 heteroatoms. The minimum atomic E-state index is -1.62. The molecule has 0 heterocycles. The van der Waals surface area contributed by atoms with Gasteiger partial charge in [0.2, 0.25) is 0 Å². The largest absolute Gasteiger partial charge is 0.545 e. The van der Waals surface area contributed by atoms with Gasteiger partial charge in [-0.25, -0.2) is 0 Å². The molecule has 0 aliphatic heterocycles. The molecule has 0 fully saturated rings. The zero-order valence-electron chi connectivity index (χ0n) is 54.4. The van der Waals surface area contributed by atoms with Crippen molar-refractivity contribution in [2.75, 3.05) is 47.5 Å². The van der Waals surface area contributed by atoms with E-state index in [1.165, 1.54) is 199 Å². The lowest BCUT2D eigenvalue weighted by atomic mass is 10.0. The summed E-state index contributed by atoms with van der Waals surface area (Å²) in [6.45, 7) is 4.66. The lowest BCUT2D eigenvalue weighted by Crippen LogP contribution is -2.44. The third-order valence-electron chi connectivity index (χ3n) is 15.2. The number of unbranched alkanes of at least 4 members (excludes halogenated alkanes) is 37. The Hall–Kier alpha value is -3.27. The summed E-state index contributed by atoms with van der Waals surface area (Å²) in [5.74, 6) is -2.28. The lowest BCUT2D eigenvalue weighted by Gasteiger charge is -2.26. The minimum Gasteiger partial charge on any atom is -0.545 e. The number of nitrogens with zero attached hydrogens (tertiary/aromatic N) is 1.